The van der Waals surface area contributed by atoms with Crippen molar-refractivity contribution in [3.8, 4) is 0 Å². The molecule has 0 bridgehead atoms. The number of rotatable bonds is 5. The Kier molecular flexibility index (Phi) is 6.87. The Bertz CT molecular complexity index is 1450. The predicted octanol–water partition coefficient (Wildman–Crippen LogP) is 6.78. The van der Waals surface area contributed by atoms with Gasteiger partial charge in [-0.15, -0.1) is 0 Å². The highest BCUT2D eigenvalue weighted by Crippen LogP contribution is 2.41. The lowest BCUT2D eigenvalue weighted by Crippen LogP contribution is -2.64. The fourth-order valence-electron chi connectivity index (χ4n) is 6.17. The molecular formula is C31H32BrN3O3. The lowest BCUT2D eigenvalue weighted by Gasteiger charge is -2.47. The van der Waals surface area contributed by atoms with Crippen LogP contribution in [0.3, 0.4) is 0 Å². The zero-order valence-electron chi connectivity index (χ0n) is 21.4. The van der Waals surface area contributed by atoms with Crippen molar-refractivity contribution in [3.05, 3.63) is 94.3 Å². The third-order valence-corrected chi connectivity index (χ3v) is 8.63. The van der Waals surface area contributed by atoms with Gasteiger partial charge in [-0.05, 0) is 36.1 Å². The summed E-state index contributed by atoms with van der Waals surface area (Å²) in [5.74, 6) is -0.298. The van der Waals surface area contributed by atoms with Crippen LogP contribution in [0.1, 0.15) is 66.6 Å². The maximum atomic E-state index is 14.7. The van der Waals surface area contributed by atoms with Gasteiger partial charge in [-0.1, -0.05) is 90.5 Å². The summed E-state index contributed by atoms with van der Waals surface area (Å²) in [6.07, 6.45) is 9.47. The molecule has 2 aromatic heterocycles. The van der Waals surface area contributed by atoms with Crippen LogP contribution in [0.5, 0.6) is 0 Å². The highest BCUT2D eigenvalue weighted by molar-refractivity contribution is 9.10. The van der Waals surface area contributed by atoms with Crippen LogP contribution in [0.4, 0.5) is 0 Å². The number of benzene rings is 2. The van der Waals surface area contributed by atoms with E-state index in [-0.39, 0.29) is 17.9 Å². The van der Waals surface area contributed by atoms with Gasteiger partial charge in [0.15, 0.2) is 11.1 Å². The number of hydrogen-bond acceptors (Lipinski definition) is 3. The molecule has 6 rings (SSSR count). The van der Waals surface area contributed by atoms with E-state index in [1.165, 1.54) is 19.3 Å². The number of hydrogen-bond donors (Lipinski definition) is 1. The molecule has 1 N–H and O–H groups in total. The standard InChI is InChI=1S/C31H32BrN3O3/c32-24-13-9-10-22(18-24)20-35-29(36)27-19-28-26(16-17-38-28)34(27)21-31(35,23-11-5-4-6-12-23)30(37)33-25-14-7-2-1-3-8-15-25/h4-6,9-13,16-19,25H,1-3,7-8,14-15,20-21H2,(H,33,37). The second-order valence-electron chi connectivity index (χ2n) is 10.5. The summed E-state index contributed by atoms with van der Waals surface area (Å²) in [5, 5.41) is 3.43. The van der Waals surface area contributed by atoms with Crippen LogP contribution in [-0.2, 0) is 23.4 Å². The van der Waals surface area contributed by atoms with E-state index in [1.807, 2.05) is 65.2 Å². The number of nitrogens with zero attached hydrogens (tertiary/aromatic N) is 2. The van der Waals surface area contributed by atoms with E-state index in [9.17, 15) is 9.59 Å². The number of furan rings is 1. The summed E-state index contributed by atoms with van der Waals surface area (Å²) in [4.78, 5) is 30.8. The molecule has 1 fully saturated rings. The Morgan fingerprint density at radius 2 is 1.74 bits per heavy atom. The summed E-state index contributed by atoms with van der Waals surface area (Å²) in [5.41, 5.74) is 2.56. The van der Waals surface area contributed by atoms with E-state index in [0.29, 0.717) is 24.4 Å². The summed E-state index contributed by atoms with van der Waals surface area (Å²) < 4.78 is 8.57. The molecule has 3 heterocycles. The molecule has 7 heteroatoms. The number of halogens is 1. The van der Waals surface area contributed by atoms with Gasteiger partial charge in [0.1, 0.15) is 5.69 Å². The Morgan fingerprint density at radius 1 is 0.974 bits per heavy atom. The minimum atomic E-state index is -1.22. The van der Waals surface area contributed by atoms with Gasteiger partial charge >= 0.3 is 0 Å². The molecular weight excluding hydrogens is 542 g/mol. The van der Waals surface area contributed by atoms with Gasteiger partial charge in [-0.3, -0.25) is 9.59 Å². The maximum Gasteiger partial charge on any atom is 0.272 e. The van der Waals surface area contributed by atoms with E-state index < -0.39 is 5.54 Å². The Labute approximate surface area is 231 Å². The number of carbonyl (C=O) groups is 2. The molecule has 38 heavy (non-hydrogen) atoms. The molecule has 2 aliphatic rings. The predicted molar refractivity (Wildman–Crippen MR) is 151 cm³/mol. The minimum absolute atomic E-state index is 0.103. The quantitative estimate of drug-likeness (QED) is 0.286. The highest BCUT2D eigenvalue weighted by atomic mass is 79.9. The summed E-state index contributed by atoms with van der Waals surface area (Å²) in [6, 6.07) is 21.5. The molecule has 1 unspecified atom stereocenters. The molecule has 0 radical (unpaired) electrons. The normalized spacial score (nSPS) is 20.7. The van der Waals surface area contributed by atoms with Crippen LogP contribution in [0, 0.1) is 0 Å². The molecule has 6 nitrogen and oxygen atoms in total. The van der Waals surface area contributed by atoms with Crippen molar-refractivity contribution in [2.45, 2.75) is 69.6 Å². The SMILES string of the molecule is O=C1c2cc3occc3n2CC(C(=O)NC2CCCCCCC2)(c2ccccc2)N1Cc1cccc(Br)c1. The molecule has 0 spiro atoms. The van der Waals surface area contributed by atoms with Crippen LogP contribution in [0.2, 0.25) is 0 Å². The first-order valence-electron chi connectivity index (χ1n) is 13.6. The van der Waals surface area contributed by atoms with Crippen molar-refractivity contribution in [2.75, 3.05) is 0 Å². The Morgan fingerprint density at radius 3 is 2.50 bits per heavy atom. The van der Waals surface area contributed by atoms with E-state index in [1.54, 1.807) is 17.2 Å². The average Bonchev–Trinajstić information content (AvgIpc) is 3.50. The highest BCUT2D eigenvalue weighted by Gasteiger charge is 2.53. The number of nitrogens with one attached hydrogen (secondary N) is 1. The third kappa shape index (κ3) is 4.47. The molecule has 1 aliphatic carbocycles. The molecule has 0 saturated heterocycles. The molecule has 4 aromatic rings. The monoisotopic (exact) mass is 573 g/mol. The molecule has 2 aromatic carbocycles. The summed E-state index contributed by atoms with van der Waals surface area (Å²) in [6.45, 7) is 0.617. The van der Waals surface area contributed by atoms with Crippen LogP contribution in [0.25, 0.3) is 11.1 Å². The van der Waals surface area contributed by atoms with Crippen molar-refractivity contribution in [3.63, 3.8) is 0 Å². The van der Waals surface area contributed by atoms with Crippen LogP contribution in [-0.4, -0.2) is 27.3 Å². The maximum absolute atomic E-state index is 14.7. The van der Waals surface area contributed by atoms with Gasteiger partial charge in [-0.25, -0.2) is 0 Å². The van der Waals surface area contributed by atoms with Crippen LogP contribution in [0.15, 0.2) is 81.9 Å². The Balaban J connectivity index is 1.50. The van der Waals surface area contributed by atoms with Gasteiger partial charge < -0.3 is 19.2 Å². The number of aromatic nitrogens is 1. The smallest absolute Gasteiger partial charge is 0.272 e. The van der Waals surface area contributed by atoms with Crippen molar-refractivity contribution in [1.82, 2.24) is 14.8 Å². The largest absolute Gasteiger partial charge is 0.463 e. The van der Waals surface area contributed by atoms with Crippen LogP contribution < -0.4 is 5.32 Å². The first kappa shape index (κ1) is 25.0. The number of carbonyl (C=O) groups excluding carboxylic acids is 2. The van der Waals surface area contributed by atoms with E-state index in [4.69, 9.17) is 4.42 Å². The van der Waals surface area contributed by atoms with Crippen molar-refractivity contribution < 1.29 is 14.0 Å². The van der Waals surface area contributed by atoms with E-state index in [0.717, 1.165) is 46.8 Å². The minimum Gasteiger partial charge on any atom is -0.463 e. The molecule has 1 atom stereocenters. The molecule has 1 saturated carbocycles. The van der Waals surface area contributed by atoms with Gasteiger partial charge in [0, 0.05) is 29.2 Å². The third-order valence-electron chi connectivity index (χ3n) is 8.13. The van der Waals surface area contributed by atoms with E-state index >= 15 is 0 Å². The first-order chi connectivity index (χ1) is 18.6. The zero-order chi connectivity index (χ0) is 26.1. The van der Waals surface area contributed by atoms with Crippen molar-refractivity contribution in [2.24, 2.45) is 0 Å². The fraction of sp³-hybridized carbons (Fsp3) is 0.355. The van der Waals surface area contributed by atoms with Crippen LogP contribution >= 0.6 is 15.9 Å². The second-order valence-corrected chi connectivity index (χ2v) is 11.5. The number of fused-ring (bicyclic) bond motifs is 3. The summed E-state index contributed by atoms with van der Waals surface area (Å²) in [7, 11) is 0. The lowest BCUT2D eigenvalue weighted by atomic mass is 9.83. The zero-order valence-corrected chi connectivity index (χ0v) is 23.0. The number of amides is 2. The topological polar surface area (TPSA) is 67.5 Å². The van der Waals surface area contributed by atoms with Crippen molar-refractivity contribution >= 4 is 38.8 Å². The van der Waals surface area contributed by atoms with Gasteiger partial charge in [-0.2, -0.15) is 0 Å². The lowest BCUT2D eigenvalue weighted by molar-refractivity contribution is -0.136. The average molecular weight is 575 g/mol. The van der Waals surface area contributed by atoms with Crippen molar-refractivity contribution in [1.29, 1.82) is 0 Å². The van der Waals surface area contributed by atoms with E-state index in [2.05, 4.69) is 21.2 Å². The summed E-state index contributed by atoms with van der Waals surface area (Å²) >= 11 is 3.57. The first-order valence-corrected chi connectivity index (χ1v) is 14.4. The molecule has 1 aliphatic heterocycles. The molecule has 196 valence electrons. The van der Waals surface area contributed by atoms with Gasteiger partial charge in [0.05, 0.1) is 18.3 Å². The van der Waals surface area contributed by atoms with Gasteiger partial charge in [0.2, 0.25) is 0 Å². The fourth-order valence-corrected chi connectivity index (χ4v) is 6.61. The van der Waals surface area contributed by atoms with Gasteiger partial charge in [0.25, 0.3) is 11.8 Å². The molecule has 2 amide bonds. The Hall–Kier alpha value is -3.32. The second kappa shape index (κ2) is 10.4.